The third kappa shape index (κ3) is 5.50. The van der Waals surface area contributed by atoms with E-state index in [2.05, 4.69) is 37.4 Å². The molecule has 0 aliphatic carbocycles. The highest BCUT2D eigenvalue weighted by atomic mass is 19.1. The van der Waals surface area contributed by atoms with Crippen LogP contribution in [0.3, 0.4) is 0 Å². The molecule has 0 atom stereocenters. The lowest BCUT2D eigenvalue weighted by atomic mass is 10.2. The van der Waals surface area contributed by atoms with Crippen LogP contribution in [-0.2, 0) is 13.6 Å². The number of aromatic nitrogens is 2. The minimum absolute atomic E-state index is 0.134. The number of benzene rings is 1. The topological polar surface area (TPSA) is 60.7 Å². The molecule has 1 aliphatic heterocycles. The van der Waals surface area contributed by atoms with E-state index in [0.717, 1.165) is 57.3 Å². The number of guanidine groups is 1. The van der Waals surface area contributed by atoms with Gasteiger partial charge in [0, 0.05) is 64.6 Å². The maximum Gasteiger partial charge on any atom is 0.191 e. The van der Waals surface area contributed by atoms with E-state index in [1.807, 2.05) is 30.8 Å². The van der Waals surface area contributed by atoms with Gasteiger partial charge in [-0.3, -0.25) is 14.6 Å². The van der Waals surface area contributed by atoms with Crippen LogP contribution in [0.2, 0.25) is 0 Å². The lowest BCUT2D eigenvalue weighted by Crippen LogP contribution is -2.47. The molecule has 1 fully saturated rings. The van der Waals surface area contributed by atoms with Crippen LogP contribution in [0.1, 0.15) is 23.4 Å². The first-order valence-corrected chi connectivity index (χ1v) is 10.6. The van der Waals surface area contributed by atoms with E-state index in [-0.39, 0.29) is 5.82 Å². The Bertz CT molecular complexity index is 853. The first kappa shape index (κ1) is 22.1. The normalized spacial score (nSPS) is 15.5. The van der Waals surface area contributed by atoms with Gasteiger partial charge < -0.3 is 15.5 Å². The average molecular weight is 416 g/mol. The molecular weight excluding hydrogens is 381 g/mol. The molecule has 0 unspecified atom stereocenters. The Kier molecular flexibility index (Phi) is 7.68. The Balaban J connectivity index is 1.35. The third-order valence-corrected chi connectivity index (χ3v) is 5.82. The van der Waals surface area contributed by atoms with Crippen molar-refractivity contribution in [3.05, 3.63) is 47.0 Å². The second-order valence-corrected chi connectivity index (χ2v) is 7.76. The Morgan fingerprint density at radius 3 is 2.50 bits per heavy atom. The molecule has 164 valence electrons. The number of para-hydroxylation sites is 1. The quantitative estimate of drug-likeness (QED) is 0.412. The molecule has 30 heavy (non-hydrogen) atoms. The van der Waals surface area contributed by atoms with E-state index in [1.165, 1.54) is 17.3 Å². The number of halogens is 1. The fraction of sp³-hybridized carbons (Fsp3) is 0.545. The van der Waals surface area contributed by atoms with Crippen molar-refractivity contribution < 1.29 is 4.39 Å². The molecule has 0 saturated carbocycles. The summed E-state index contributed by atoms with van der Waals surface area (Å²) in [4.78, 5) is 8.90. The molecule has 2 heterocycles. The van der Waals surface area contributed by atoms with Gasteiger partial charge in [0.25, 0.3) is 0 Å². The van der Waals surface area contributed by atoms with Crippen LogP contribution in [0.25, 0.3) is 0 Å². The van der Waals surface area contributed by atoms with Crippen molar-refractivity contribution in [2.24, 2.45) is 12.0 Å². The lowest BCUT2D eigenvalue weighted by Gasteiger charge is -2.36. The summed E-state index contributed by atoms with van der Waals surface area (Å²) in [5, 5.41) is 11.2. The van der Waals surface area contributed by atoms with Crippen molar-refractivity contribution >= 4 is 11.6 Å². The molecule has 0 amide bonds. The highest BCUT2D eigenvalue weighted by Gasteiger charge is 2.18. The number of nitrogens with one attached hydrogen (secondary N) is 2. The standard InChI is InChI=1S/C22H34FN7/c1-17-19(18(2)28(4)27-17)16-26-22(24-3)25-10-7-11-29-12-14-30(15-13-29)21-9-6-5-8-20(21)23/h5-6,8-9H,7,10-16H2,1-4H3,(H2,24,25,26). The van der Waals surface area contributed by atoms with Crippen LogP contribution in [0.5, 0.6) is 0 Å². The van der Waals surface area contributed by atoms with Crippen LogP contribution in [0.15, 0.2) is 29.3 Å². The molecule has 1 aromatic carbocycles. The summed E-state index contributed by atoms with van der Waals surface area (Å²) >= 11 is 0. The van der Waals surface area contributed by atoms with E-state index in [9.17, 15) is 4.39 Å². The summed E-state index contributed by atoms with van der Waals surface area (Å²) in [6, 6.07) is 7.03. The molecule has 2 aromatic rings. The minimum Gasteiger partial charge on any atom is -0.367 e. The Morgan fingerprint density at radius 2 is 1.87 bits per heavy atom. The summed E-state index contributed by atoms with van der Waals surface area (Å²) < 4.78 is 15.9. The predicted molar refractivity (Wildman–Crippen MR) is 121 cm³/mol. The Morgan fingerprint density at radius 1 is 1.13 bits per heavy atom. The second-order valence-electron chi connectivity index (χ2n) is 7.76. The molecular formula is C22H34FN7. The van der Waals surface area contributed by atoms with Crippen molar-refractivity contribution in [2.75, 3.05) is 51.2 Å². The molecule has 2 N–H and O–H groups in total. The van der Waals surface area contributed by atoms with Gasteiger partial charge in [-0.25, -0.2) is 4.39 Å². The van der Waals surface area contributed by atoms with Gasteiger partial charge in [0.05, 0.1) is 11.4 Å². The zero-order valence-corrected chi connectivity index (χ0v) is 18.6. The molecule has 0 spiro atoms. The fourth-order valence-electron chi connectivity index (χ4n) is 3.90. The van der Waals surface area contributed by atoms with E-state index < -0.39 is 0 Å². The molecule has 7 nitrogen and oxygen atoms in total. The van der Waals surface area contributed by atoms with Gasteiger partial charge in [-0.1, -0.05) is 12.1 Å². The first-order valence-electron chi connectivity index (χ1n) is 10.6. The molecule has 1 saturated heterocycles. The lowest BCUT2D eigenvalue weighted by molar-refractivity contribution is 0.254. The second kappa shape index (κ2) is 10.4. The minimum atomic E-state index is -0.134. The van der Waals surface area contributed by atoms with Gasteiger partial charge in [0.15, 0.2) is 5.96 Å². The molecule has 0 bridgehead atoms. The van der Waals surface area contributed by atoms with Crippen molar-refractivity contribution in [1.82, 2.24) is 25.3 Å². The van der Waals surface area contributed by atoms with Crippen LogP contribution in [0.4, 0.5) is 10.1 Å². The molecule has 3 rings (SSSR count). The number of anilines is 1. The first-order chi connectivity index (χ1) is 14.5. The van der Waals surface area contributed by atoms with Gasteiger partial charge in [-0.05, 0) is 38.9 Å². The summed E-state index contributed by atoms with van der Waals surface area (Å²) in [7, 11) is 3.76. The summed E-state index contributed by atoms with van der Waals surface area (Å²) in [6.07, 6.45) is 1.03. The Hall–Kier alpha value is -2.61. The van der Waals surface area contributed by atoms with Crippen molar-refractivity contribution in [3.8, 4) is 0 Å². The number of hydrogen-bond donors (Lipinski definition) is 2. The SMILES string of the molecule is CN=C(NCCCN1CCN(c2ccccc2F)CC1)NCc1c(C)nn(C)c1C. The number of piperazine rings is 1. The highest BCUT2D eigenvalue weighted by Crippen LogP contribution is 2.20. The summed E-state index contributed by atoms with van der Waals surface area (Å²) in [5.74, 6) is 0.674. The van der Waals surface area contributed by atoms with Crippen LogP contribution in [0, 0.1) is 19.7 Å². The van der Waals surface area contributed by atoms with E-state index in [1.54, 1.807) is 13.1 Å². The molecule has 1 aromatic heterocycles. The fourth-order valence-corrected chi connectivity index (χ4v) is 3.90. The maximum absolute atomic E-state index is 14.0. The average Bonchev–Trinajstić information content (AvgIpc) is 2.99. The van der Waals surface area contributed by atoms with E-state index in [4.69, 9.17) is 0 Å². The van der Waals surface area contributed by atoms with Gasteiger partial charge >= 0.3 is 0 Å². The Labute approximate surface area is 179 Å². The van der Waals surface area contributed by atoms with Crippen LogP contribution < -0.4 is 15.5 Å². The zero-order valence-electron chi connectivity index (χ0n) is 18.6. The number of nitrogens with zero attached hydrogens (tertiary/aromatic N) is 5. The van der Waals surface area contributed by atoms with E-state index in [0.29, 0.717) is 12.2 Å². The van der Waals surface area contributed by atoms with Crippen molar-refractivity contribution in [1.29, 1.82) is 0 Å². The zero-order chi connectivity index (χ0) is 21.5. The predicted octanol–water partition coefficient (Wildman–Crippen LogP) is 2.05. The largest absolute Gasteiger partial charge is 0.367 e. The van der Waals surface area contributed by atoms with Gasteiger partial charge in [-0.2, -0.15) is 5.10 Å². The van der Waals surface area contributed by atoms with E-state index >= 15 is 0 Å². The maximum atomic E-state index is 14.0. The van der Waals surface area contributed by atoms with Gasteiger partial charge in [0.2, 0.25) is 0 Å². The smallest absolute Gasteiger partial charge is 0.191 e. The number of aryl methyl sites for hydroxylation is 2. The van der Waals surface area contributed by atoms with Crippen molar-refractivity contribution in [3.63, 3.8) is 0 Å². The summed E-state index contributed by atoms with van der Waals surface area (Å²) in [6.45, 7) is 10.4. The number of hydrogen-bond acceptors (Lipinski definition) is 4. The van der Waals surface area contributed by atoms with Crippen LogP contribution in [-0.4, -0.2) is 67.0 Å². The highest BCUT2D eigenvalue weighted by molar-refractivity contribution is 5.79. The van der Waals surface area contributed by atoms with Crippen molar-refractivity contribution in [2.45, 2.75) is 26.8 Å². The number of rotatable bonds is 7. The molecule has 0 radical (unpaired) electrons. The molecule has 1 aliphatic rings. The monoisotopic (exact) mass is 415 g/mol. The van der Waals surface area contributed by atoms with Gasteiger partial charge in [-0.15, -0.1) is 0 Å². The third-order valence-electron chi connectivity index (χ3n) is 5.82. The molecule has 8 heteroatoms. The van der Waals surface area contributed by atoms with Crippen LogP contribution >= 0.6 is 0 Å². The number of aliphatic imine (C=N–C) groups is 1. The summed E-state index contributed by atoms with van der Waals surface area (Å²) in [5.41, 5.74) is 4.15. The van der Waals surface area contributed by atoms with Gasteiger partial charge in [0.1, 0.15) is 5.82 Å².